The molecule has 70 valence electrons. The molecule has 8 heteroatoms. The first-order valence-electron chi connectivity index (χ1n) is 3.00. The molecule has 0 aromatic rings. The van der Waals surface area contributed by atoms with E-state index in [2.05, 4.69) is 0 Å². The van der Waals surface area contributed by atoms with Gasteiger partial charge >= 0.3 is 16.7 Å². The average molecular weight is 209 g/mol. The van der Waals surface area contributed by atoms with Crippen molar-refractivity contribution >= 4 is 22.6 Å². The summed E-state index contributed by atoms with van der Waals surface area (Å²) in [6, 6.07) is 0. The highest BCUT2D eigenvalue weighted by atomic mass is 35.5. The second-order valence-electron chi connectivity index (χ2n) is 2.17. The zero-order chi connectivity index (χ0) is 10.2. The maximum Gasteiger partial charge on any atom is 0.362 e. The minimum absolute atomic E-state index is 0.147. The van der Waals surface area contributed by atoms with Crippen LogP contribution in [0.4, 0.5) is 4.39 Å². The molecule has 1 rings (SSSR count). The van der Waals surface area contributed by atoms with E-state index in [-0.39, 0.29) is 4.74 Å². The molecular formula is C5H2ClFN2O4. The first-order chi connectivity index (χ1) is 5.95. The quantitative estimate of drug-likeness (QED) is 0.266. The number of halogens is 2. The highest BCUT2D eigenvalue weighted by Gasteiger charge is 2.39. The second-order valence-corrected chi connectivity index (χ2v) is 2.53. The predicted octanol–water partition coefficient (Wildman–Crippen LogP) is 0.175. The summed E-state index contributed by atoms with van der Waals surface area (Å²) in [7, 11) is 0. The molecule has 0 N–H and O–H groups in total. The van der Waals surface area contributed by atoms with Crippen LogP contribution in [0, 0.1) is 15.3 Å². The number of nitrogens with zero attached hydrogens (tertiary/aromatic N) is 2. The van der Waals surface area contributed by atoms with Gasteiger partial charge in [-0.15, -0.1) is 0 Å². The van der Waals surface area contributed by atoms with Crippen LogP contribution in [0.3, 0.4) is 0 Å². The Morgan fingerprint density at radius 1 is 1.62 bits per heavy atom. The Morgan fingerprint density at radius 2 is 2.15 bits per heavy atom. The Bertz CT molecular complexity index is 362. The van der Waals surface area contributed by atoms with Crippen molar-refractivity contribution in [2.75, 3.05) is 6.54 Å². The van der Waals surface area contributed by atoms with E-state index in [4.69, 9.17) is 11.6 Å². The van der Waals surface area contributed by atoms with Gasteiger partial charge in [-0.1, -0.05) is 0 Å². The Morgan fingerprint density at radius 3 is 2.62 bits per heavy atom. The second kappa shape index (κ2) is 3.09. The van der Waals surface area contributed by atoms with Crippen molar-refractivity contribution in [2.45, 2.75) is 0 Å². The van der Waals surface area contributed by atoms with Crippen molar-refractivity contribution < 1.29 is 18.8 Å². The van der Waals surface area contributed by atoms with Crippen LogP contribution in [0.15, 0.2) is 11.5 Å². The molecule has 0 fully saturated rings. The van der Waals surface area contributed by atoms with Crippen LogP contribution in [-0.4, -0.2) is 27.2 Å². The number of hydrogen-bond donors (Lipinski definition) is 0. The van der Waals surface area contributed by atoms with Crippen LogP contribution in [0.25, 0.3) is 0 Å². The predicted molar refractivity (Wildman–Crippen MR) is 39.5 cm³/mol. The number of hydrogen-bond acceptors (Lipinski definition) is 4. The summed E-state index contributed by atoms with van der Waals surface area (Å²) in [6.45, 7) is -0.831. The highest BCUT2D eigenvalue weighted by molar-refractivity contribution is 6.68. The molecule has 0 unspecified atom stereocenters. The molecule has 13 heavy (non-hydrogen) atoms. The number of rotatable bonds is 1. The van der Waals surface area contributed by atoms with Gasteiger partial charge in [-0.2, -0.15) is 9.13 Å². The standard InChI is InChI=1S/C5H2ClFN2O4/c6-5-3(7)4(9(12)13)2(10)1-8(5)11/h1H2. The molecule has 0 aromatic carbocycles. The first kappa shape index (κ1) is 9.59. The van der Waals surface area contributed by atoms with E-state index in [1.807, 2.05) is 0 Å². The third-order valence-electron chi connectivity index (χ3n) is 1.34. The summed E-state index contributed by atoms with van der Waals surface area (Å²) in [6.07, 6.45) is 0. The Kier molecular flexibility index (Phi) is 2.28. The number of carbonyl (C=O) groups is 1. The lowest BCUT2D eigenvalue weighted by Crippen LogP contribution is -2.31. The lowest BCUT2D eigenvalue weighted by atomic mass is 10.2. The maximum atomic E-state index is 12.8. The molecule has 1 aliphatic rings. The summed E-state index contributed by atoms with van der Waals surface area (Å²) >= 11 is 5.06. The number of allylic oxidation sites excluding steroid dienone is 1. The number of ketones is 1. The fraction of sp³-hybridized carbons (Fsp3) is 0.200. The lowest BCUT2D eigenvalue weighted by molar-refractivity contribution is -0.458. The molecule has 0 saturated heterocycles. The molecule has 0 atom stereocenters. The summed E-state index contributed by atoms with van der Waals surface area (Å²) < 4.78 is 12.7. The molecule has 0 spiro atoms. The van der Waals surface area contributed by atoms with E-state index >= 15 is 0 Å². The van der Waals surface area contributed by atoms with Crippen molar-refractivity contribution in [3.05, 3.63) is 26.8 Å². The smallest absolute Gasteiger partial charge is 0.362 e. The lowest BCUT2D eigenvalue weighted by Gasteiger charge is -2.08. The fourth-order valence-electron chi connectivity index (χ4n) is 0.786. The molecule has 0 bridgehead atoms. The molecule has 1 aliphatic heterocycles. The third kappa shape index (κ3) is 1.50. The zero-order valence-electron chi connectivity index (χ0n) is 5.99. The Balaban J connectivity index is 3.31. The maximum absolute atomic E-state index is 12.8. The van der Waals surface area contributed by atoms with E-state index < -0.39 is 33.9 Å². The van der Waals surface area contributed by atoms with Gasteiger partial charge in [0.15, 0.2) is 0 Å². The van der Waals surface area contributed by atoms with Gasteiger partial charge in [-0.05, 0) is 11.6 Å². The molecule has 0 amide bonds. The zero-order valence-corrected chi connectivity index (χ0v) is 6.75. The van der Waals surface area contributed by atoms with Gasteiger partial charge in [0.25, 0.3) is 5.83 Å². The third-order valence-corrected chi connectivity index (χ3v) is 1.70. The Labute approximate surface area is 75.6 Å². The van der Waals surface area contributed by atoms with Gasteiger partial charge in [-0.3, -0.25) is 14.9 Å². The summed E-state index contributed by atoms with van der Waals surface area (Å²) in [5.74, 6) is -2.78. The van der Waals surface area contributed by atoms with E-state index in [0.29, 0.717) is 0 Å². The molecule has 6 nitrogen and oxygen atoms in total. The van der Waals surface area contributed by atoms with E-state index in [1.54, 1.807) is 0 Å². The largest absolute Gasteiger partial charge is 0.622 e. The van der Waals surface area contributed by atoms with Crippen molar-refractivity contribution in [1.82, 2.24) is 0 Å². The summed E-state index contributed by atoms with van der Waals surface area (Å²) in [4.78, 5) is 19.7. The fourth-order valence-corrected chi connectivity index (χ4v) is 0.936. The van der Waals surface area contributed by atoms with Gasteiger partial charge in [0, 0.05) is 0 Å². The first-order valence-corrected chi connectivity index (χ1v) is 3.37. The molecule has 0 aromatic heterocycles. The number of Topliss-reactive ketones (excluding diaryl/α,β-unsaturated/α-hetero) is 1. The van der Waals surface area contributed by atoms with E-state index in [9.17, 15) is 24.5 Å². The van der Waals surface area contributed by atoms with Crippen molar-refractivity contribution in [3.8, 4) is 0 Å². The van der Waals surface area contributed by atoms with Crippen LogP contribution in [0.5, 0.6) is 0 Å². The van der Waals surface area contributed by atoms with Crippen LogP contribution < -0.4 is 0 Å². The number of hydroxylamine groups is 1. The van der Waals surface area contributed by atoms with Crippen molar-refractivity contribution in [3.63, 3.8) is 0 Å². The Hall–Kier alpha value is -1.50. The number of carbonyl (C=O) groups excluding carboxylic acids is 1. The van der Waals surface area contributed by atoms with Crippen LogP contribution in [-0.2, 0) is 4.79 Å². The van der Waals surface area contributed by atoms with Crippen molar-refractivity contribution in [1.29, 1.82) is 0 Å². The topological polar surface area (TPSA) is 86.3 Å². The molecule has 0 saturated carbocycles. The molecule has 1 heterocycles. The minimum Gasteiger partial charge on any atom is -0.622 e. The van der Waals surface area contributed by atoms with Gasteiger partial charge in [-0.25, -0.2) is 0 Å². The average Bonchev–Trinajstić information content (AvgIpc) is 1.99. The monoisotopic (exact) mass is 208 g/mol. The minimum atomic E-state index is -1.59. The van der Waals surface area contributed by atoms with Gasteiger partial charge in [0.2, 0.25) is 6.54 Å². The van der Waals surface area contributed by atoms with E-state index in [1.165, 1.54) is 0 Å². The van der Waals surface area contributed by atoms with Crippen LogP contribution >= 0.6 is 11.6 Å². The van der Waals surface area contributed by atoms with Gasteiger partial charge < -0.3 is 5.21 Å². The molecule has 0 aliphatic carbocycles. The van der Waals surface area contributed by atoms with E-state index in [0.717, 1.165) is 0 Å². The highest BCUT2D eigenvalue weighted by Crippen LogP contribution is 2.17. The molecular weight excluding hydrogens is 207 g/mol. The summed E-state index contributed by atoms with van der Waals surface area (Å²) in [5.41, 5.74) is -1.27. The van der Waals surface area contributed by atoms with Gasteiger partial charge in [0.05, 0.1) is 4.92 Å². The van der Waals surface area contributed by atoms with Crippen LogP contribution in [0.1, 0.15) is 0 Å². The normalized spacial score (nSPS) is 18.2. The van der Waals surface area contributed by atoms with Crippen LogP contribution in [0.2, 0.25) is 0 Å². The van der Waals surface area contributed by atoms with Crippen molar-refractivity contribution in [2.24, 2.45) is 0 Å². The molecule has 0 radical (unpaired) electrons. The summed E-state index contributed by atoms with van der Waals surface area (Å²) in [5, 5.41) is 19.8. The van der Waals surface area contributed by atoms with Gasteiger partial charge in [0.1, 0.15) is 0 Å². The number of nitro groups is 1. The SMILES string of the molecule is O=C1C[N+]([O-])=C(Cl)C(F)=C1[N+](=O)[O-].